The van der Waals surface area contributed by atoms with Gasteiger partial charge in [-0.3, -0.25) is 0 Å². The van der Waals surface area contributed by atoms with Crippen LogP contribution in [0.5, 0.6) is 11.5 Å². The number of hydrogen-bond acceptors (Lipinski definition) is 4. The number of benzene rings is 2. The second kappa shape index (κ2) is 5.97. The fourth-order valence-electron chi connectivity index (χ4n) is 1.77. The standard InChI is InChI=1S/C15H15NO4/c1-19-13-5-3-2-4-11(13)9-20-14-8-10(15(17)18)6-7-12(14)16/h2-8H,9,16H2,1H3,(H,17,18). The van der Waals surface area contributed by atoms with Gasteiger partial charge in [0.2, 0.25) is 0 Å². The Labute approximate surface area is 116 Å². The van der Waals surface area contributed by atoms with E-state index in [2.05, 4.69) is 0 Å². The Balaban J connectivity index is 2.18. The molecule has 0 fully saturated rings. The molecule has 0 saturated carbocycles. The molecule has 0 spiro atoms. The predicted molar refractivity (Wildman–Crippen MR) is 75.1 cm³/mol. The maximum Gasteiger partial charge on any atom is 0.335 e. The van der Waals surface area contributed by atoms with E-state index in [1.54, 1.807) is 7.11 Å². The number of anilines is 1. The molecule has 0 aliphatic carbocycles. The summed E-state index contributed by atoms with van der Waals surface area (Å²) in [7, 11) is 1.58. The van der Waals surface area contributed by atoms with Crippen LogP contribution < -0.4 is 15.2 Å². The molecule has 0 aliphatic heterocycles. The highest BCUT2D eigenvalue weighted by atomic mass is 16.5. The molecule has 2 aromatic rings. The molecular formula is C15H15NO4. The summed E-state index contributed by atoms with van der Waals surface area (Å²) in [6.07, 6.45) is 0. The van der Waals surface area contributed by atoms with Crippen LogP contribution in [0.2, 0.25) is 0 Å². The zero-order valence-electron chi connectivity index (χ0n) is 11.0. The van der Waals surface area contributed by atoms with E-state index in [0.717, 1.165) is 5.56 Å². The molecule has 5 heteroatoms. The number of ether oxygens (including phenoxy) is 2. The molecule has 0 heterocycles. The molecule has 104 valence electrons. The molecule has 0 aromatic heterocycles. The van der Waals surface area contributed by atoms with E-state index >= 15 is 0 Å². The zero-order valence-corrected chi connectivity index (χ0v) is 11.0. The first kappa shape index (κ1) is 13.7. The van der Waals surface area contributed by atoms with Crippen molar-refractivity contribution in [1.82, 2.24) is 0 Å². The first-order valence-corrected chi connectivity index (χ1v) is 5.99. The van der Waals surface area contributed by atoms with Gasteiger partial charge in [0.15, 0.2) is 0 Å². The monoisotopic (exact) mass is 273 g/mol. The minimum Gasteiger partial charge on any atom is -0.496 e. The highest BCUT2D eigenvalue weighted by Crippen LogP contribution is 2.25. The van der Waals surface area contributed by atoms with Gasteiger partial charge in [0.05, 0.1) is 18.4 Å². The fourth-order valence-corrected chi connectivity index (χ4v) is 1.77. The average Bonchev–Trinajstić information content (AvgIpc) is 2.46. The van der Waals surface area contributed by atoms with E-state index in [0.29, 0.717) is 17.2 Å². The van der Waals surface area contributed by atoms with Crippen LogP contribution in [0.15, 0.2) is 42.5 Å². The number of carboxylic acid groups (broad SMARTS) is 1. The summed E-state index contributed by atoms with van der Waals surface area (Å²) in [4.78, 5) is 10.9. The molecule has 0 bridgehead atoms. The van der Waals surface area contributed by atoms with Gasteiger partial charge in [-0.2, -0.15) is 0 Å². The van der Waals surface area contributed by atoms with Crippen molar-refractivity contribution in [3.63, 3.8) is 0 Å². The zero-order chi connectivity index (χ0) is 14.5. The van der Waals surface area contributed by atoms with Gasteiger partial charge in [-0.1, -0.05) is 18.2 Å². The van der Waals surface area contributed by atoms with Crippen LogP contribution in [-0.4, -0.2) is 18.2 Å². The Morgan fingerprint density at radius 1 is 1.20 bits per heavy atom. The molecule has 0 radical (unpaired) electrons. The number of nitrogens with two attached hydrogens (primary N) is 1. The molecule has 0 atom stereocenters. The molecule has 20 heavy (non-hydrogen) atoms. The van der Waals surface area contributed by atoms with E-state index < -0.39 is 5.97 Å². The van der Waals surface area contributed by atoms with Gasteiger partial charge in [-0.05, 0) is 24.3 Å². The van der Waals surface area contributed by atoms with Crippen molar-refractivity contribution in [2.45, 2.75) is 6.61 Å². The minimum atomic E-state index is -1.02. The fraction of sp³-hybridized carbons (Fsp3) is 0.133. The van der Waals surface area contributed by atoms with E-state index in [1.807, 2.05) is 24.3 Å². The van der Waals surface area contributed by atoms with Crippen molar-refractivity contribution in [2.75, 3.05) is 12.8 Å². The topological polar surface area (TPSA) is 81.8 Å². The van der Waals surface area contributed by atoms with Gasteiger partial charge in [0.25, 0.3) is 0 Å². The quantitative estimate of drug-likeness (QED) is 0.818. The third kappa shape index (κ3) is 3.00. The molecule has 5 nitrogen and oxygen atoms in total. The van der Waals surface area contributed by atoms with Crippen LogP contribution in [0.4, 0.5) is 5.69 Å². The SMILES string of the molecule is COc1ccccc1COc1cc(C(=O)O)ccc1N. The largest absolute Gasteiger partial charge is 0.496 e. The van der Waals surface area contributed by atoms with E-state index in [4.69, 9.17) is 20.3 Å². The van der Waals surface area contributed by atoms with E-state index in [-0.39, 0.29) is 12.2 Å². The summed E-state index contributed by atoms with van der Waals surface area (Å²) in [6.45, 7) is 0.247. The van der Waals surface area contributed by atoms with Crippen LogP contribution in [0, 0.1) is 0 Å². The number of rotatable bonds is 5. The maximum atomic E-state index is 10.9. The number of aromatic carboxylic acids is 1. The lowest BCUT2D eigenvalue weighted by atomic mass is 10.2. The van der Waals surface area contributed by atoms with Gasteiger partial charge in [-0.25, -0.2) is 4.79 Å². The van der Waals surface area contributed by atoms with Crippen LogP contribution in [-0.2, 0) is 6.61 Å². The highest BCUT2D eigenvalue weighted by Gasteiger charge is 2.09. The number of methoxy groups -OCH3 is 1. The van der Waals surface area contributed by atoms with E-state index in [9.17, 15) is 4.79 Å². The summed E-state index contributed by atoms with van der Waals surface area (Å²) >= 11 is 0. The Kier molecular flexibility index (Phi) is 4.10. The van der Waals surface area contributed by atoms with Crippen LogP contribution in [0.1, 0.15) is 15.9 Å². The molecule has 0 amide bonds. The third-order valence-electron chi connectivity index (χ3n) is 2.84. The molecule has 0 aliphatic rings. The van der Waals surface area contributed by atoms with Gasteiger partial charge >= 0.3 is 5.97 Å². The average molecular weight is 273 g/mol. The minimum absolute atomic E-state index is 0.134. The summed E-state index contributed by atoms with van der Waals surface area (Å²) < 4.78 is 10.8. The van der Waals surface area contributed by atoms with Crippen molar-refractivity contribution in [2.24, 2.45) is 0 Å². The Morgan fingerprint density at radius 2 is 1.95 bits per heavy atom. The van der Waals surface area contributed by atoms with Crippen molar-refractivity contribution in [3.05, 3.63) is 53.6 Å². The number of nitrogen functional groups attached to an aromatic ring is 1. The first-order valence-electron chi connectivity index (χ1n) is 5.99. The highest BCUT2D eigenvalue weighted by molar-refractivity contribution is 5.89. The number of carbonyl (C=O) groups is 1. The van der Waals surface area contributed by atoms with Crippen LogP contribution in [0.25, 0.3) is 0 Å². The lowest BCUT2D eigenvalue weighted by molar-refractivity contribution is 0.0696. The Bertz CT molecular complexity index is 625. The summed E-state index contributed by atoms with van der Waals surface area (Å²) in [5.74, 6) is 0.0309. The molecule has 0 saturated heterocycles. The predicted octanol–water partition coefficient (Wildman–Crippen LogP) is 2.55. The van der Waals surface area contributed by atoms with Crippen molar-refractivity contribution in [3.8, 4) is 11.5 Å². The van der Waals surface area contributed by atoms with Gasteiger partial charge in [0.1, 0.15) is 18.1 Å². The Hall–Kier alpha value is -2.69. The van der Waals surface area contributed by atoms with Crippen LogP contribution >= 0.6 is 0 Å². The maximum absolute atomic E-state index is 10.9. The molecule has 2 aromatic carbocycles. The Morgan fingerprint density at radius 3 is 2.65 bits per heavy atom. The lowest BCUT2D eigenvalue weighted by Crippen LogP contribution is -2.03. The molecule has 0 unspecified atom stereocenters. The summed E-state index contributed by atoms with van der Waals surface area (Å²) in [5, 5.41) is 8.95. The van der Waals surface area contributed by atoms with Gasteiger partial charge < -0.3 is 20.3 Å². The van der Waals surface area contributed by atoms with Crippen LogP contribution in [0.3, 0.4) is 0 Å². The number of carboxylic acids is 1. The summed E-state index contributed by atoms with van der Waals surface area (Å²) in [6, 6.07) is 11.8. The van der Waals surface area contributed by atoms with Gasteiger partial charge in [-0.15, -0.1) is 0 Å². The molecule has 2 rings (SSSR count). The second-order valence-corrected chi connectivity index (χ2v) is 4.16. The summed E-state index contributed by atoms with van der Waals surface area (Å²) in [5.41, 5.74) is 7.16. The van der Waals surface area contributed by atoms with Gasteiger partial charge in [0, 0.05) is 5.56 Å². The lowest BCUT2D eigenvalue weighted by Gasteiger charge is -2.12. The number of para-hydroxylation sites is 1. The first-order chi connectivity index (χ1) is 9.61. The third-order valence-corrected chi connectivity index (χ3v) is 2.84. The van der Waals surface area contributed by atoms with E-state index in [1.165, 1.54) is 18.2 Å². The number of hydrogen-bond donors (Lipinski definition) is 2. The van der Waals surface area contributed by atoms with Crippen molar-refractivity contribution < 1.29 is 19.4 Å². The van der Waals surface area contributed by atoms with Crippen molar-refractivity contribution >= 4 is 11.7 Å². The normalized spacial score (nSPS) is 10.1. The molecular weight excluding hydrogens is 258 g/mol. The van der Waals surface area contributed by atoms with Crippen molar-refractivity contribution in [1.29, 1.82) is 0 Å². The smallest absolute Gasteiger partial charge is 0.335 e. The second-order valence-electron chi connectivity index (χ2n) is 4.16. The molecule has 3 N–H and O–H groups in total.